The average Bonchev–Trinajstić information content (AvgIpc) is 2.62. The SMILES string of the molecule is CC(C)NC(=O)N1CCC(N2CC3CC(C2)[C@H]2CCCC(=O)N2C3)CC1. The number of rotatable bonds is 2. The lowest BCUT2D eigenvalue weighted by Gasteiger charge is -2.54. The van der Waals surface area contributed by atoms with Gasteiger partial charge < -0.3 is 15.1 Å². The number of nitrogens with zero attached hydrogens (tertiary/aromatic N) is 3. The largest absolute Gasteiger partial charge is 0.339 e. The first-order valence-corrected chi connectivity index (χ1v) is 10.6. The number of hydrogen-bond donors (Lipinski definition) is 1. The van der Waals surface area contributed by atoms with Crippen LogP contribution in [0.25, 0.3) is 0 Å². The van der Waals surface area contributed by atoms with Crippen molar-refractivity contribution < 1.29 is 9.59 Å². The quantitative estimate of drug-likeness (QED) is 0.816. The highest BCUT2D eigenvalue weighted by molar-refractivity contribution is 5.77. The van der Waals surface area contributed by atoms with E-state index in [1.165, 1.54) is 12.8 Å². The van der Waals surface area contributed by atoms with Crippen LogP contribution < -0.4 is 5.32 Å². The molecule has 2 bridgehead atoms. The number of likely N-dealkylation sites (tertiary alicyclic amines) is 2. The zero-order valence-electron chi connectivity index (χ0n) is 16.3. The molecular formula is C20H34N4O2. The van der Waals surface area contributed by atoms with E-state index in [1.54, 1.807) is 0 Å². The normalized spacial score (nSPS) is 33.3. The minimum Gasteiger partial charge on any atom is -0.339 e. The fourth-order valence-corrected chi connectivity index (χ4v) is 5.72. The van der Waals surface area contributed by atoms with Gasteiger partial charge in [-0.2, -0.15) is 0 Å². The van der Waals surface area contributed by atoms with Crippen LogP contribution in [0.2, 0.25) is 0 Å². The first kappa shape index (κ1) is 18.1. The molecular weight excluding hydrogens is 328 g/mol. The summed E-state index contributed by atoms with van der Waals surface area (Å²) in [7, 11) is 0. The molecule has 3 amide bonds. The fourth-order valence-electron chi connectivity index (χ4n) is 5.72. The maximum Gasteiger partial charge on any atom is 0.317 e. The van der Waals surface area contributed by atoms with Gasteiger partial charge in [0.25, 0.3) is 0 Å². The van der Waals surface area contributed by atoms with E-state index in [2.05, 4.69) is 15.1 Å². The molecule has 0 radical (unpaired) electrons. The van der Waals surface area contributed by atoms with E-state index in [1.807, 2.05) is 18.7 Å². The van der Waals surface area contributed by atoms with Gasteiger partial charge in [-0.25, -0.2) is 4.79 Å². The van der Waals surface area contributed by atoms with Gasteiger partial charge in [0.2, 0.25) is 5.91 Å². The standard InChI is InChI=1S/C20H34N4O2/c1-14(2)21-20(26)22-8-6-17(7-9-22)23-11-15-10-16(13-23)18-4-3-5-19(25)24(18)12-15/h14-18H,3-13H2,1-2H3,(H,21,26)/t15?,16?,18-/m1/s1. The topological polar surface area (TPSA) is 55.9 Å². The third-order valence-electron chi connectivity index (χ3n) is 6.89. The van der Waals surface area contributed by atoms with Crippen molar-refractivity contribution in [2.45, 2.75) is 70.5 Å². The predicted molar refractivity (Wildman–Crippen MR) is 101 cm³/mol. The highest BCUT2D eigenvalue weighted by atomic mass is 16.2. The monoisotopic (exact) mass is 362 g/mol. The van der Waals surface area contributed by atoms with Crippen molar-refractivity contribution in [3.63, 3.8) is 0 Å². The molecule has 0 aromatic carbocycles. The molecule has 0 aromatic heterocycles. The molecule has 146 valence electrons. The van der Waals surface area contributed by atoms with Crippen LogP contribution in [0, 0.1) is 11.8 Å². The van der Waals surface area contributed by atoms with E-state index in [4.69, 9.17) is 0 Å². The Labute approximate surface area is 157 Å². The van der Waals surface area contributed by atoms with Gasteiger partial charge in [0, 0.05) is 57.3 Å². The molecule has 6 heteroatoms. The maximum atomic E-state index is 12.3. The highest BCUT2D eigenvalue weighted by Crippen LogP contribution is 2.39. The lowest BCUT2D eigenvalue weighted by atomic mass is 9.75. The Balaban J connectivity index is 1.33. The zero-order valence-corrected chi connectivity index (χ0v) is 16.3. The van der Waals surface area contributed by atoms with Gasteiger partial charge in [0.05, 0.1) is 0 Å². The summed E-state index contributed by atoms with van der Waals surface area (Å²) in [5.41, 5.74) is 0. The summed E-state index contributed by atoms with van der Waals surface area (Å²) in [5, 5.41) is 3.01. The van der Waals surface area contributed by atoms with Crippen LogP contribution in [0.1, 0.15) is 52.4 Å². The van der Waals surface area contributed by atoms with Crippen molar-refractivity contribution in [2.24, 2.45) is 11.8 Å². The van der Waals surface area contributed by atoms with Crippen LogP contribution in [0.15, 0.2) is 0 Å². The van der Waals surface area contributed by atoms with Crippen molar-refractivity contribution in [3.8, 4) is 0 Å². The highest BCUT2D eigenvalue weighted by Gasteiger charge is 2.45. The van der Waals surface area contributed by atoms with Crippen LogP contribution in [0.5, 0.6) is 0 Å². The number of amides is 3. The molecule has 2 unspecified atom stereocenters. The maximum absolute atomic E-state index is 12.3. The molecule has 4 saturated heterocycles. The molecule has 1 N–H and O–H groups in total. The smallest absolute Gasteiger partial charge is 0.317 e. The molecule has 6 nitrogen and oxygen atoms in total. The summed E-state index contributed by atoms with van der Waals surface area (Å²) in [6.07, 6.45) is 6.50. The lowest BCUT2D eigenvalue weighted by Crippen LogP contribution is -2.62. The van der Waals surface area contributed by atoms with Crippen LogP contribution in [-0.2, 0) is 4.79 Å². The molecule has 4 rings (SSSR count). The molecule has 0 aromatic rings. The Bertz CT molecular complexity index is 544. The van der Waals surface area contributed by atoms with E-state index in [0.29, 0.717) is 29.8 Å². The Morgan fingerprint density at radius 2 is 1.88 bits per heavy atom. The van der Waals surface area contributed by atoms with Crippen LogP contribution in [0.4, 0.5) is 4.79 Å². The summed E-state index contributed by atoms with van der Waals surface area (Å²) in [6, 6.07) is 1.38. The molecule has 4 fully saturated rings. The lowest BCUT2D eigenvalue weighted by molar-refractivity contribution is -0.145. The number of hydrogen-bond acceptors (Lipinski definition) is 3. The van der Waals surface area contributed by atoms with Crippen molar-refractivity contribution >= 4 is 11.9 Å². The summed E-state index contributed by atoms with van der Waals surface area (Å²) in [5.74, 6) is 1.71. The molecule has 3 atom stereocenters. The van der Waals surface area contributed by atoms with Crippen LogP contribution in [-0.4, -0.2) is 77.5 Å². The first-order valence-electron chi connectivity index (χ1n) is 10.6. The summed E-state index contributed by atoms with van der Waals surface area (Å²) >= 11 is 0. The van der Waals surface area contributed by atoms with Crippen LogP contribution >= 0.6 is 0 Å². The number of carbonyl (C=O) groups excluding carboxylic acids is 2. The molecule has 0 spiro atoms. The van der Waals surface area contributed by atoms with E-state index >= 15 is 0 Å². The summed E-state index contributed by atoms with van der Waals surface area (Å²) in [6.45, 7) is 9.01. The first-order chi connectivity index (χ1) is 12.5. The second-order valence-corrected chi connectivity index (χ2v) is 9.14. The zero-order chi connectivity index (χ0) is 18.3. The Morgan fingerprint density at radius 3 is 2.62 bits per heavy atom. The summed E-state index contributed by atoms with van der Waals surface area (Å²) < 4.78 is 0. The second-order valence-electron chi connectivity index (χ2n) is 9.14. The average molecular weight is 363 g/mol. The van der Waals surface area contributed by atoms with Gasteiger partial charge in [-0.15, -0.1) is 0 Å². The van der Waals surface area contributed by atoms with Gasteiger partial charge in [-0.05, 0) is 57.8 Å². The Kier molecular flexibility index (Phi) is 5.13. The molecule has 26 heavy (non-hydrogen) atoms. The number of piperidine rings is 4. The van der Waals surface area contributed by atoms with Gasteiger partial charge in [0.15, 0.2) is 0 Å². The van der Waals surface area contributed by atoms with Gasteiger partial charge in [-0.3, -0.25) is 9.69 Å². The minimum atomic E-state index is 0.0883. The van der Waals surface area contributed by atoms with E-state index in [-0.39, 0.29) is 12.1 Å². The van der Waals surface area contributed by atoms with Crippen LogP contribution in [0.3, 0.4) is 0 Å². The van der Waals surface area contributed by atoms with Gasteiger partial charge in [-0.1, -0.05) is 0 Å². The van der Waals surface area contributed by atoms with Crippen molar-refractivity contribution in [1.29, 1.82) is 0 Å². The second kappa shape index (κ2) is 7.37. The Morgan fingerprint density at radius 1 is 1.12 bits per heavy atom. The van der Waals surface area contributed by atoms with E-state index in [9.17, 15) is 9.59 Å². The van der Waals surface area contributed by atoms with E-state index < -0.39 is 0 Å². The number of urea groups is 1. The Hall–Kier alpha value is -1.30. The van der Waals surface area contributed by atoms with Gasteiger partial charge >= 0.3 is 6.03 Å². The third kappa shape index (κ3) is 3.57. The molecule has 4 aliphatic rings. The van der Waals surface area contributed by atoms with Crippen molar-refractivity contribution in [1.82, 2.24) is 20.0 Å². The molecule has 0 aliphatic carbocycles. The summed E-state index contributed by atoms with van der Waals surface area (Å²) in [4.78, 5) is 31.4. The molecule has 0 saturated carbocycles. The predicted octanol–water partition coefficient (Wildman–Crippen LogP) is 1.90. The number of carbonyl (C=O) groups is 2. The molecule has 4 aliphatic heterocycles. The number of nitrogens with one attached hydrogen (secondary N) is 1. The van der Waals surface area contributed by atoms with Crippen molar-refractivity contribution in [3.05, 3.63) is 0 Å². The fraction of sp³-hybridized carbons (Fsp3) is 0.900. The van der Waals surface area contributed by atoms with E-state index in [0.717, 1.165) is 58.4 Å². The third-order valence-corrected chi connectivity index (χ3v) is 6.89. The van der Waals surface area contributed by atoms with Crippen molar-refractivity contribution in [2.75, 3.05) is 32.7 Å². The van der Waals surface area contributed by atoms with Gasteiger partial charge in [0.1, 0.15) is 0 Å². The number of fused-ring (bicyclic) bond motifs is 4. The molecule has 4 heterocycles. The minimum absolute atomic E-state index is 0.0883.